The normalized spacial score (nSPS) is 21.7. The van der Waals surface area contributed by atoms with Crippen LogP contribution in [0, 0.1) is 0 Å². The van der Waals surface area contributed by atoms with Crippen molar-refractivity contribution in [2.75, 3.05) is 6.54 Å². The van der Waals surface area contributed by atoms with Crippen LogP contribution < -0.4 is 0 Å². The third-order valence-electron chi connectivity index (χ3n) is 4.30. The van der Waals surface area contributed by atoms with Crippen molar-refractivity contribution in [3.8, 4) is 0 Å². The van der Waals surface area contributed by atoms with Gasteiger partial charge in [0.05, 0.1) is 0 Å². The Hall–Kier alpha value is -1.35. The van der Waals surface area contributed by atoms with Gasteiger partial charge in [0.15, 0.2) is 0 Å². The molecule has 0 aromatic heterocycles. The van der Waals surface area contributed by atoms with Gasteiger partial charge in [0.1, 0.15) is 0 Å². The fourth-order valence-electron chi connectivity index (χ4n) is 3.14. The summed E-state index contributed by atoms with van der Waals surface area (Å²) in [7, 11) is 0. The average Bonchev–Trinajstić information content (AvgIpc) is 2.76. The molecule has 1 unspecified atom stereocenters. The SMILES string of the molecule is CCc1ccc(CN2CC3=CC(Br)CC(C)=C3C2=O)cc1. The molecule has 1 aliphatic carbocycles. The second-order valence-corrected chi connectivity index (χ2v) is 7.07. The number of carbonyl (C=O) groups is 1. The summed E-state index contributed by atoms with van der Waals surface area (Å²) < 4.78 is 0. The lowest BCUT2D eigenvalue weighted by Gasteiger charge is -2.15. The predicted octanol–water partition coefficient (Wildman–Crippen LogP) is 4.00. The van der Waals surface area contributed by atoms with Crippen LogP contribution in [0.3, 0.4) is 0 Å². The Morgan fingerprint density at radius 2 is 1.90 bits per heavy atom. The molecule has 1 aromatic rings. The molecule has 1 aromatic carbocycles. The molecular formula is C18H20BrNO. The summed E-state index contributed by atoms with van der Waals surface area (Å²) in [6.45, 7) is 5.67. The highest BCUT2D eigenvalue weighted by Crippen LogP contribution is 2.35. The summed E-state index contributed by atoms with van der Waals surface area (Å²) in [6, 6.07) is 8.58. The second-order valence-electron chi connectivity index (χ2n) is 5.90. The molecule has 1 amide bonds. The standard InChI is InChI=1S/C18H20BrNO/c1-3-13-4-6-14(7-5-13)10-20-11-15-9-16(19)8-12(2)17(15)18(20)21/h4-7,9,16H,3,8,10-11H2,1-2H3. The average molecular weight is 346 g/mol. The van der Waals surface area contributed by atoms with Gasteiger partial charge in [0, 0.05) is 23.5 Å². The van der Waals surface area contributed by atoms with Gasteiger partial charge in [-0.25, -0.2) is 0 Å². The van der Waals surface area contributed by atoms with Crippen LogP contribution >= 0.6 is 15.9 Å². The minimum Gasteiger partial charge on any atom is -0.330 e. The Bertz CT molecular complexity index is 627. The lowest BCUT2D eigenvalue weighted by molar-refractivity contribution is -0.125. The van der Waals surface area contributed by atoms with Crippen LogP contribution in [0.2, 0.25) is 0 Å². The number of alkyl halides is 1. The first-order valence-electron chi connectivity index (χ1n) is 7.50. The van der Waals surface area contributed by atoms with Crippen molar-refractivity contribution in [2.45, 2.75) is 38.1 Å². The number of aryl methyl sites for hydroxylation is 1. The molecule has 0 bridgehead atoms. The van der Waals surface area contributed by atoms with Gasteiger partial charge in [0.25, 0.3) is 5.91 Å². The topological polar surface area (TPSA) is 20.3 Å². The van der Waals surface area contributed by atoms with Gasteiger partial charge < -0.3 is 4.90 Å². The number of carbonyl (C=O) groups excluding carboxylic acids is 1. The number of rotatable bonds is 3. The van der Waals surface area contributed by atoms with E-state index in [1.54, 1.807) is 0 Å². The molecule has 0 radical (unpaired) electrons. The molecule has 1 aliphatic heterocycles. The number of benzene rings is 1. The fourth-order valence-corrected chi connectivity index (χ4v) is 3.95. The Morgan fingerprint density at radius 3 is 2.57 bits per heavy atom. The summed E-state index contributed by atoms with van der Waals surface area (Å²) >= 11 is 3.65. The van der Waals surface area contributed by atoms with Crippen LogP contribution in [0.5, 0.6) is 0 Å². The first-order chi connectivity index (χ1) is 10.1. The molecular weight excluding hydrogens is 326 g/mol. The number of hydrogen-bond acceptors (Lipinski definition) is 1. The van der Waals surface area contributed by atoms with Crippen LogP contribution in [0.4, 0.5) is 0 Å². The highest BCUT2D eigenvalue weighted by atomic mass is 79.9. The van der Waals surface area contributed by atoms with E-state index in [9.17, 15) is 4.79 Å². The van der Waals surface area contributed by atoms with E-state index >= 15 is 0 Å². The van der Waals surface area contributed by atoms with Crippen molar-refractivity contribution >= 4 is 21.8 Å². The van der Waals surface area contributed by atoms with E-state index in [1.165, 1.54) is 22.3 Å². The quantitative estimate of drug-likeness (QED) is 0.758. The van der Waals surface area contributed by atoms with Crippen LogP contribution in [0.25, 0.3) is 0 Å². The lowest BCUT2D eigenvalue weighted by Crippen LogP contribution is -2.24. The summed E-state index contributed by atoms with van der Waals surface area (Å²) in [5, 5.41) is 0. The Balaban J connectivity index is 1.80. The van der Waals surface area contributed by atoms with E-state index in [0.717, 1.165) is 25.0 Å². The monoisotopic (exact) mass is 345 g/mol. The molecule has 110 valence electrons. The van der Waals surface area contributed by atoms with Crippen LogP contribution in [-0.2, 0) is 17.8 Å². The van der Waals surface area contributed by atoms with E-state index in [1.807, 2.05) is 4.90 Å². The van der Waals surface area contributed by atoms with Crippen molar-refractivity contribution in [1.82, 2.24) is 4.90 Å². The first-order valence-corrected chi connectivity index (χ1v) is 8.42. The largest absolute Gasteiger partial charge is 0.330 e. The van der Waals surface area contributed by atoms with Crippen LogP contribution in [0.1, 0.15) is 31.4 Å². The number of hydrogen-bond donors (Lipinski definition) is 0. The highest BCUT2D eigenvalue weighted by molar-refractivity contribution is 9.09. The number of nitrogens with zero attached hydrogens (tertiary/aromatic N) is 1. The zero-order valence-corrected chi connectivity index (χ0v) is 14.1. The van der Waals surface area contributed by atoms with E-state index in [-0.39, 0.29) is 5.91 Å². The molecule has 2 nitrogen and oxygen atoms in total. The highest BCUT2D eigenvalue weighted by Gasteiger charge is 2.34. The van der Waals surface area contributed by atoms with E-state index in [0.29, 0.717) is 11.4 Å². The lowest BCUT2D eigenvalue weighted by atomic mass is 9.94. The molecule has 0 saturated carbocycles. The van der Waals surface area contributed by atoms with Crippen LogP contribution in [-0.4, -0.2) is 22.2 Å². The molecule has 1 saturated heterocycles. The van der Waals surface area contributed by atoms with Crippen molar-refractivity contribution in [1.29, 1.82) is 0 Å². The van der Waals surface area contributed by atoms with Gasteiger partial charge in [-0.3, -0.25) is 4.79 Å². The maximum Gasteiger partial charge on any atom is 0.254 e. The second kappa shape index (κ2) is 5.80. The molecule has 0 N–H and O–H groups in total. The van der Waals surface area contributed by atoms with Gasteiger partial charge in [0.2, 0.25) is 0 Å². The number of likely N-dealkylation sites (tertiary alicyclic amines) is 1. The molecule has 1 fully saturated rings. The van der Waals surface area contributed by atoms with Gasteiger partial charge in [-0.15, -0.1) is 0 Å². The summed E-state index contributed by atoms with van der Waals surface area (Å²) in [6.07, 6.45) is 4.18. The van der Waals surface area contributed by atoms with Gasteiger partial charge in [-0.2, -0.15) is 0 Å². The molecule has 21 heavy (non-hydrogen) atoms. The van der Waals surface area contributed by atoms with Crippen molar-refractivity contribution < 1.29 is 4.79 Å². The van der Waals surface area contributed by atoms with Crippen molar-refractivity contribution in [3.63, 3.8) is 0 Å². The first kappa shape index (κ1) is 14.6. The molecule has 3 rings (SSSR count). The maximum absolute atomic E-state index is 12.6. The molecule has 2 aliphatic rings. The van der Waals surface area contributed by atoms with E-state index in [2.05, 4.69) is 60.1 Å². The predicted molar refractivity (Wildman–Crippen MR) is 89.4 cm³/mol. The zero-order valence-electron chi connectivity index (χ0n) is 12.5. The Morgan fingerprint density at radius 1 is 1.24 bits per heavy atom. The Labute approximate surface area is 134 Å². The van der Waals surface area contributed by atoms with Gasteiger partial charge >= 0.3 is 0 Å². The minimum atomic E-state index is 0.192. The number of halogens is 1. The molecule has 1 atom stereocenters. The smallest absolute Gasteiger partial charge is 0.254 e. The molecule has 1 heterocycles. The van der Waals surface area contributed by atoms with E-state index in [4.69, 9.17) is 0 Å². The third-order valence-corrected chi connectivity index (χ3v) is 4.89. The zero-order chi connectivity index (χ0) is 15.0. The summed E-state index contributed by atoms with van der Waals surface area (Å²) in [5.74, 6) is 0.192. The van der Waals surface area contributed by atoms with Gasteiger partial charge in [-0.1, -0.05) is 58.8 Å². The van der Waals surface area contributed by atoms with Crippen molar-refractivity contribution in [3.05, 3.63) is 58.2 Å². The van der Waals surface area contributed by atoms with Gasteiger partial charge in [-0.05, 0) is 36.5 Å². The summed E-state index contributed by atoms with van der Waals surface area (Å²) in [4.78, 5) is 14.9. The number of allylic oxidation sites excluding steroid dienone is 2. The number of fused-ring (bicyclic) bond motifs is 1. The van der Waals surface area contributed by atoms with Crippen molar-refractivity contribution in [2.24, 2.45) is 0 Å². The maximum atomic E-state index is 12.6. The minimum absolute atomic E-state index is 0.192. The summed E-state index contributed by atoms with van der Waals surface area (Å²) in [5.41, 5.74) is 5.90. The molecule has 3 heteroatoms. The Kier molecular flexibility index (Phi) is 4.03. The third kappa shape index (κ3) is 2.84. The number of amides is 1. The molecule has 0 spiro atoms. The van der Waals surface area contributed by atoms with E-state index < -0.39 is 0 Å². The van der Waals surface area contributed by atoms with Crippen LogP contribution in [0.15, 0.2) is 47.1 Å². The fraction of sp³-hybridized carbons (Fsp3) is 0.389.